The highest BCUT2D eigenvalue weighted by molar-refractivity contribution is 6.37. The van der Waals surface area contributed by atoms with Crippen molar-refractivity contribution in [2.75, 3.05) is 10.6 Å². The minimum Gasteiger partial charge on any atom is -0.326 e. The van der Waals surface area contributed by atoms with Crippen LogP contribution in [-0.2, 0) is 9.59 Å². The van der Waals surface area contributed by atoms with E-state index in [1.807, 2.05) is 0 Å². The first-order valence-electron chi connectivity index (χ1n) is 7.87. The number of carbonyl (C=O) groups is 2. The molecule has 1 fully saturated rings. The lowest BCUT2D eigenvalue weighted by Crippen LogP contribution is -2.13. The van der Waals surface area contributed by atoms with Crippen LogP contribution in [0.4, 0.5) is 11.4 Å². The molecule has 0 aliphatic heterocycles. The summed E-state index contributed by atoms with van der Waals surface area (Å²) in [7, 11) is 0. The van der Waals surface area contributed by atoms with E-state index in [-0.39, 0.29) is 17.7 Å². The monoisotopic (exact) mass is 374 g/mol. The molecule has 2 aromatic carbocycles. The molecule has 0 atom stereocenters. The number of amides is 2. The molecule has 1 aliphatic rings. The fraction of sp³-hybridized carbons (Fsp3) is 0.158. The van der Waals surface area contributed by atoms with E-state index in [4.69, 9.17) is 23.2 Å². The molecule has 2 aromatic rings. The SMILES string of the molecule is O=C(/C=C/c1c(Cl)cccc1Cl)Nc1ccc(NC(=O)C2CC2)cc1. The minimum absolute atomic E-state index is 0.0522. The summed E-state index contributed by atoms with van der Waals surface area (Å²) in [6.45, 7) is 0. The molecule has 0 radical (unpaired) electrons. The average Bonchev–Trinajstić information content (AvgIpc) is 3.41. The van der Waals surface area contributed by atoms with Crippen molar-refractivity contribution in [2.24, 2.45) is 5.92 Å². The van der Waals surface area contributed by atoms with Crippen LogP contribution in [0.15, 0.2) is 48.5 Å². The Bertz CT molecular complexity index is 808. The first-order chi connectivity index (χ1) is 12.0. The summed E-state index contributed by atoms with van der Waals surface area (Å²) in [6, 6.07) is 12.1. The van der Waals surface area contributed by atoms with Crippen LogP contribution in [0.25, 0.3) is 6.08 Å². The van der Waals surface area contributed by atoms with Crippen molar-refractivity contribution in [1.29, 1.82) is 0 Å². The highest BCUT2D eigenvalue weighted by Crippen LogP contribution is 2.30. The Kier molecular flexibility index (Phi) is 5.41. The molecule has 0 heterocycles. The van der Waals surface area contributed by atoms with Gasteiger partial charge in [-0.15, -0.1) is 0 Å². The van der Waals surface area contributed by atoms with Gasteiger partial charge in [0.05, 0.1) is 0 Å². The predicted molar refractivity (Wildman–Crippen MR) is 102 cm³/mol. The van der Waals surface area contributed by atoms with Crippen LogP contribution in [0.1, 0.15) is 18.4 Å². The molecule has 0 spiro atoms. The van der Waals surface area contributed by atoms with Crippen molar-refractivity contribution < 1.29 is 9.59 Å². The molecule has 128 valence electrons. The zero-order valence-electron chi connectivity index (χ0n) is 13.3. The topological polar surface area (TPSA) is 58.2 Å². The highest BCUT2D eigenvalue weighted by atomic mass is 35.5. The smallest absolute Gasteiger partial charge is 0.248 e. The van der Waals surface area contributed by atoms with Crippen molar-refractivity contribution in [3.05, 3.63) is 64.1 Å². The van der Waals surface area contributed by atoms with Crippen molar-refractivity contribution in [3.63, 3.8) is 0 Å². The van der Waals surface area contributed by atoms with Gasteiger partial charge in [0, 0.05) is 39.0 Å². The first kappa shape index (κ1) is 17.5. The number of hydrogen-bond donors (Lipinski definition) is 2. The molecule has 2 N–H and O–H groups in total. The van der Waals surface area contributed by atoms with Gasteiger partial charge in [0.1, 0.15) is 0 Å². The normalized spacial score (nSPS) is 13.7. The summed E-state index contributed by atoms with van der Waals surface area (Å²) >= 11 is 12.1. The highest BCUT2D eigenvalue weighted by Gasteiger charge is 2.29. The fourth-order valence-electron chi connectivity index (χ4n) is 2.24. The van der Waals surface area contributed by atoms with Gasteiger partial charge in [-0.3, -0.25) is 9.59 Å². The number of benzene rings is 2. The molecular formula is C19H16Cl2N2O2. The Morgan fingerprint density at radius 3 is 2.04 bits per heavy atom. The van der Waals surface area contributed by atoms with Gasteiger partial charge in [-0.05, 0) is 55.3 Å². The number of nitrogens with one attached hydrogen (secondary N) is 2. The van der Waals surface area contributed by atoms with Crippen molar-refractivity contribution >= 4 is 52.5 Å². The molecular weight excluding hydrogens is 359 g/mol. The molecule has 0 bridgehead atoms. The predicted octanol–water partition coefficient (Wildman–Crippen LogP) is 4.99. The summed E-state index contributed by atoms with van der Waals surface area (Å²) in [5.41, 5.74) is 1.94. The first-order valence-corrected chi connectivity index (χ1v) is 8.62. The van der Waals surface area contributed by atoms with E-state index in [9.17, 15) is 9.59 Å². The van der Waals surface area contributed by atoms with Crippen LogP contribution in [0.2, 0.25) is 10.0 Å². The lowest BCUT2D eigenvalue weighted by Gasteiger charge is -2.06. The fourth-order valence-corrected chi connectivity index (χ4v) is 2.76. The van der Waals surface area contributed by atoms with E-state index in [0.29, 0.717) is 27.0 Å². The number of carbonyl (C=O) groups excluding carboxylic acids is 2. The maximum atomic E-state index is 12.0. The molecule has 0 unspecified atom stereocenters. The largest absolute Gasteiger partial charge is 0.326 e. The lowest BCUT2D eigenvalue weighted by molar-refractivity contribution is -0.117. The number of anilines is 2. The van der Waals surface area contributed by atoms with Gasteiger partial charge in [0.15, 0.2) is 0 Å². The van der Waals surface area contributed by atoms with E-state index < -0.39 is 0 Å². The van der Waals surface area contributed by atoms with E-state index >= 15 is 0 Å². The van der Waals surface area contributed by atoms with Gasteiger partial charge in [-0.1, -0.05) is 29.3 Å². The van der Waals surface area contributed by atoms with Gasteiger partial charge in [-0.2, -0.15) is 0 Å². The molecule has 4 nitrogen and oxygen atoms in total. The Labute approximate surface area is 155 Å². The second-order valence-electron chi connectivity index (χ2n) is 5.80. The summed E-state index contributed by atoms with van der Waals surface area (Å²) in [5.74, 6) is -0.0942. The maximum Gasteiger partial charge on any atom is 0.248 e. The third-order valence-corrected chi connectivity index (χ3v) is 4.43. The van der Waals surface area contributed by atoms with Gasteiger partial charge in [-0.25, -0.2) is 0 Å². The second kappa shape index (κ2) is 7.72. The van der Waals surface area contributed by atoms with Crippen LogP contribution >= 0.6 is 23.2 Å². The second-order valence-corrected chi connectivity index (χ2v) is 6.61. The van der Waals surface area contributed by atoms with Crippen molar-refractivity contribution in [3.8, 4) is 0 Å². The molecule has 0 saturated heterocycles. The molecule has 2 amide bonds. The third-order valence-electron chi connectivity index (χ3n) is 3.77. The van der Waals surface area contributed by atoms with Crippen LogP contribution in [0.3, 0.4) is 0 Å². The van der Waals surface area contributed by atoms with E-state index in [0.717, 1.165) is 12.8 Å². The Hall–Kier alpha value is -2.30. The molecule has 0 aromatic heterocycles. The molecule has 1 saturated carbocycles. The third kappa shape index (κ3) is 4.84. The Morgan fingerprint density at radius 2 is 1.48 bits per heavy atom. The standard InChI is InChI=1S/C19H16Cl2N2O2/c20-16-2-1-3-17(21)15(16)10-11-18(24)22-13-6-8-14(9-7-13)23-19(25)12-4-5-12/h1-3,6-12H,4-5H2,(H,22,24)(H,23,25)/b11-10+. The summed E-state index contributed by atoms with van der Waals surface area (Å²) in [5, 5.41) is 6.55. The number of hydrogen-bond acceptors (Lipinski definition) is 2. The average molecular weight is 375 g/mol. The lowest BCUT2D eigenvalue weighted by atomic mass is 10.2. The van der Waals surface area contributed by atoms with Crippen LogP contribution in [0, 0.1) is 5.92 Å². The zero-order valence-corrected chi connectivity index (χ0v) is 14.8. The quantitative estimate of drug-likeness (QED) is 0.723. The van der Waals surface area contributed by atoms with Crippen LogP contribution in [-0.4, -0.2) is 11.8 Å². The minimum atomic E-state index is -0.300. The van der Waals surface area contributed by atoms with Gasteiger partial charge < -0.3 is 10.6 Å². The van der Waals surface area contributed by atoms with Crippen LogP contribution in [0.5, 0.6) is 0 Å². The number of rotatable bonds is 5. The molecule has 25 heavy (non-hydrogen) atoms. The van der Waals surface area contributed by atoms with Gasteiger partial charge in [0.25, 0.3) is 0 Å². The maximum absolute atomic E-state index is 12.0. The Morgan fingerprint density at radius 1 is 0.920 bits per heavy atom. The summed E-state index contributed by atoms with van der Waals surface area (Å²) < 4.78 is 0. The molecule has 1 aliphatic carbocycles. The zero-order chi connectivity index (χ0) is 17.8. The van der Waals surface area contributed by atoms with Gasteiger partial charge >= 0.3 is 0 Å². The van der Waals surface area contributed by atoms with E-state index in [1.54, 1.807) is 48.5 Å². The summed E-state index contributed by atoms with van der Waals surface area (Å²) in [4.78, 5) is 23.7. The van der Waals surface area contributed by atoms with E-state index in [2.05, 4.69) is 10.6 Å². The van der Waals surface area contributed by atoms with Crippen molar-refractivity contribution in [1.82, 2.24) is 0 Å². The van der Waals surface area contributed by atoms with Crippen LogP contribution < -0.4 is 10.6 Å². The van der Waals surface area contributed by atoms with Gasteiger partial charge in [0.2, 0.25) is 11.8 Å². The Balaban J connectivity index is 1.59. The molecule has 3 rings (SSSR count). The summed E-state index contributed by atoms with van der Waals surface area (Å²) in [6.07, 6.45) is 4.86. The van der Waals surface area contributed by atoms with E-state index in [1.165, 1.54) is 6.08 Å². The molecule has 6 heteroatoms. The number of halogens is 2. The van der Waals surface area contributed by atoms with Crippen molar-refractivity contribution in [2.45, 2.75) is 12.8 Å².